The van der Waals surface area contributed by atoms with Crippen molar-refractivity contribution in [3.63, 3.8) is 0 Å². The summed E-state index contributed by atoms with van der Waals surface area (Å²) < 4.78 is 6.31. The number of hydrogen-bond donors (Lipinski definition) is 1. The van der Waals surface area contributed by atoms with Gasteiger partial charge in [0.1, 0.15) is 10.8 Å². The zero-order valence-corrected chi connectivity index (χ0v) is 15.8. The first-order chi connectivity index (χ1) is 13.2. The molecule has 1 N–H and O–H groups in total. The minimum Gasteiger partial charge on any atom is -0.497 e. The molecule has 136 valence electrons. The van der Waals surface area contributed by atoms with E-state index in [-0.39, 0.29) is 5.91 Å². The van der Waals surface area contributed by atoms with Crippen molar-refractivity contribution >= 4 is 27.5 Å². The van der Waals surface area contributed by atoms with Crippen LogP contribution in [0.2, 0.25) is 0 Å². The number of aromatic amines is 1. The number of fused-ring (bicyclic) bond motifs is 1. The first kappa shape index (κ1) is 17.2. The Morgan fingerprint density at radius 1 is 1.19 bits per heavy atom. The normalized spacial score (nSPS) is 10.9. The number of methoxy groups -OCH3 is 1. The van der Waals surface area contributed by atoms with E-state index in [4.69, 9.17) is 4.74 Å². The second kappa shape index (κ2) is 7.20. The maximum atomic E-state index is 13.0. The highest BCUT2D eigenvalue weighted by molar-refractivity contribution is 7.18. The minimum atomic E-state index is -0.103. The van der Waals surface area contributed by atoms with Crippen LogP contribution in [0, 0.1) is 0 Å². The first-order valence-corrected chi connectivity index (χ1v) is 9.25. The van der Waals surface area contributed by atoms with Crippen LogP contribution in [0.5, 0.6) is 5.75 Å². The standard InChI is InChI=1S/C20H18N4O2S/c1-24(12-18-22-16-5-3-4-6-17(16)27-18)20(25)15-11-21-23-19(15)13-7-9-14(26-2)10-8-13/h3-11H,12H2,1-2H3,(H,21,23). The predicted molar refractivity (Wildman–Crippen MR) is 106 cm³/mol. The van der Waals surface area contributed by atoms with E-state index in [0.717, 1.165) is 26.5 Å². The van der Waals surface area contributed by atoms with Crippen molar-refractivity contribution < 1.29 is 9.53 Å². The van der Waals surface area contributed by atoms with Crippen LogP contribution in [0.25, 0.3) is 21.5 Å². The molecule has 27 heavy (non-hydrogen) atoms. The monoisotopic (exact) mass is 378 g/mol. The third-order valence-corrected chi connectivity index (χ3v) is 5.33. The number of nitrogens with zero attached hydrogens (tertiary/aromatic N) is 3. The number of nitrogens with one attached hydrogen (secondary N) is 1. The van der Waals surface area contributed by atoms with Crippen LogP contribution in [-0.2, 0) is 6.54 Å². The first-order valence-electron chi connectivity index (χ1n) is 8.43. The molecule has 6 nitrogen and oxygen atoms in total. The van der Waals surface area contributed by atoms with Crippen molar-refractivity contribution in [1.29, 1.82) is 0 Å². The molecular formula is C20H18N4O2S. The summed E-state index contributed by atoms with van der Waals surface area (Å²) in [5, 5.41) is 7.90. The van der Waals surface area contributed by atoms with Crippen molar-refractivity contribution in [2.75, 3.05) is 14.2 Å². The van der Waals surface area contributed by atoms with Gasteiger partial charge >= 0.3 is 0 Å². The van der Waals surface area contributed by atoms with Crippen LogP contribution in [0.1, 0.15) is 15.4 Å². The van der Waals surface area contributed by atoms with Gasteiger partial charge in [0.15, 0.2) is 0 Å². The molecular weight excluding hydrogens is 360 g/mol. The molecule has 0 aliphatic carbocycles. The average Bonchev–Trinajstić information content (AvgIpc) is 3.34. The van der Waals surface area contributed by atoms with Gasteiger partial charge in [0.2, 0.25) is 0 Å². The largest absolute Gasteiger partial charge is 0.497 e. The lowest BCUT2D eigenvalue weighted by Crippen LogP contribution is -2.26. The SMILES string of the molecule is COc1ccc(-c2[nH]ncc2C(=O)N(C)Cc2nc3ccccc3s2)cc1. The molecule has 2 heterocycles. The number of H-pyrrole nitrogens is 1. The molecule has 0 aliphatic rings. The lowest BCUT2D eigenvalue weighted by atomic mass is 10.1. The molecule has 0 fully saturated rings. The van der Waals surface area contributed by atoms with Crippen molar-refractivity contribution in [3.05, 3.63) is 65.3 Å². The van der Waals surface area contributed by atoms with Crippen LogP contribution in [0.15, 0.2) is 54.7 Å². The molecule has 2 aromatic heterocycles. The topological polar surface area (TPSA) is 71.1 Å². The number of para-hydroxylation sites is 1. The Bertz CT molecular complexity index is 1050. The smallest absolute Gasteiger partial charge is 0.257 e. The van der Waals surface area contributed by atoms with E-state index >= 15 is 0 Å². The summed E-state index contributed by atoms with van der Waals surface area (Å²) >= 11 is 1.60. The van der Waals surface area contributed by atoms with Gasteiger partial charge < -0.3 is 9.64 Å². The molecule has 0 spiro atoms. The van der Waals surface area contributed by atoms with Crippen LogP contribution >= 0.6 is 11.3 Å². The van der Waals surface area contributed by atoms with E-state index in [2.05, 4.69) is 15.2 Å². The Kier molecular flexibility index (Phi) is 4.60. The molecule has 0 unspecified atom stereocenters. The van der Waals surface area contributed by atoms with E-state index in [1.54, 1.807) is 36.6 Å². The van der Waals surface area contributed by atoms with E-state index in [9.17, 15) is 4.79 Å². The van der Waals surface area contributed by atoms with E-state index < -0.39 is 0 Å². The highest BCUT2D eigenvalue weighted by atomic mass is 32.1. The number of carbonyl (C=O) groups excluding carboxylic acids is 1. The van der Waals surface area contributed by atoms with Crippen molar-refractivity contribution in [1.82, 2.24) is 20.1 Å². The maximum Gasteiger partial charge on any atom is 0.257 e. The fourth-order valence-corrected chi connectivity index (χ4v) is 3.91. The van der Waals surface area contributed by atoms with Gasteiger partial charge in [0, 0.05) is 12.6 Å². The molecule has 2 aromatic carbocycles. The second-order valence-electron chi connectivity index (χ2n) is 6.12. The fraction of sp³-hybridized carbons (Fsp3) is 0.150. The molecule has 7 heteroatoms. The number of rotatable bonds is 5. The Balaban J connectivity index is 1.56. The summed E-state index contributed by atoms with van der Waals surface area (Å²) in [6.45, 7) is 0.450. The van der Waals surface area contributed by atoms with Gasteiger partial charge in [-0.05, 0) is 36.4 Å². The van der Waals surface area contributed by atoms with Crippen LogP contribution < -0.4 is 4.74 Å². The summed E-state index contributed by atoms with van der Waals surface area (Å²) in [6.07, 6.45) is 1.57. The minimum absolute atomic E-state index is 0.103. The number of hydrogen-bond acceptors (Lipinski definition) is 5. The number of thiazole rings is 1. The van der Waals surface area contributed by atoms with Gasteiger partial charge in [0.05, 0.1) is 41.3 Å². The van der Waals surface area contributed by atoms with Gasteiger partial charge in [0.25, 0.3) is 5.91 Å². The number of benzene rings is 2. The van der Waals surface area contributed by atoms with E-state index in [0.29, 0.717) is 17.8 Å². The van der Waals surface area contributed by atoms with Crippen molar-refractivity contribution in [2.45, 2.75) is 6.54 Å². The van der Waals surface area contributed by atoms with Crippen LogP contribution in [-0.4, -0.2) is 40.1 Å². The molecule has 0 radical (unpaired) electrons. The number of ether oxygens (including phenoxy) is 1. The second-order valence-corrected chi connectivity index (χ2v) is 7.24. The van der Waals surface area contributed by atoms with Gasteiger partial charge in [-0.3, -0.25) is 9.89 Å². The molecule has 0 saturated heterocycles. The number of aromatic nitrogens is 3. The van der Waals surface area contributed by atoms with Crippen LogP contribution in [0.4, 0.5) is 0 Å². The molecule has 0 bridgehead atoms. The molecule has 1 amide bonds. The lowest BCUT2D eigenvalue weighted by Gasteiger charge is -2.15. The summed E-state index contributed by atoms with van der Waals surface area (Å²) in [7, 11) is 3.40. The van der Waals surface area contributed by atoms with E-state index in [1.165, 1.54) is 0 Å². The molecule has 0 aliphatic heterocycles. The third-order valence-electron chi connectivity index (χ3n) is 4.31. The summed E-state index contributed by atoms with van der Waals surface area (Å²) in [6, 6.07) is 15.5. The van der Waals surface area contributed by atoms with Gasteiger partial charge in [-0.25, -0.2) is 4.98 Å². The van der Waals surface area contributed by atoms with Crippen LogP contribution in [0.3, 0.4) is 0 Å². The Hall–Kier alpha value is -3.19. The Morgan fingerprint density at radius 3 is 2.70 bits per heavy atom. The third kappa shape index (κ3) is 3.41. The Morgan fingerprint density at radius 2 is 1.96 bits per heavy atom. The van der Waals surface area contributed by atoms with Gasteiger partial charge in [-0.15, -0.1) is 11.3 Å². The molecule has 4 aromatic rings. The Labute approximate surface area is 160 Å². The average molecular weight is 378 g/mol. The summed E-state index contributed by atoms with van der Waals surface area (Å²) in [4.78, 5) is 19.2. The zero-order chi connectivity index (χ0) is 18.8. The predicted octanol–water partition coefficient (Wildman–Crippen LogP) is 3.97. The number of carbonyl (C=O) groups is 1. The molecule has 0 atom stereocenters. The fourth-order valence-electron chi connectivity index (χ4n) is 2.89. The maximum absolute atomic E-state index is 13.0. The zero-order valence-electron chi connectivity index (χ0n) is 15.0. The van der Waals surface area contributed by atoms with Gasteiger partial charge in [-0.1, -0.05) is 12.1 Å². The quantitative estimate of drug-likeness (QED) is 0.570. The van der Waals surface area contributed by atoms with Crippen molar-refractivity contribution in [3.8, 4) is 17.0 Å². The molecule has 4 rings (SSSR count). The number of amides is 1. The lowest BCUT2D eigenvalue weighted by molar-refractivity contribution is 0.0786. The highest BCUT2D eigenvalue weighted by Gasteiger charge is 2.20. The van der Waals surface area contributed by atoms with Crippen molar-refractivity contribution in [2.24, 2.45) is 0 Å². The van der Waals surface area contributed by atoms with E-state index in [1.807, 2.05) is 48.5 Å². The highest BCUT2D eigenvalue weighted by Crippen LogP contribution is 2.26. The molecule has 0 saturated carbocycles. The summed E-state index contributed by atoms with van der Waals surface area (Å²) in [5.41, 5.74) is 3.06. The van der Waals surface area contributed by atoms with Gasteiger partial charge in [-0.2, -0.15) is 5.10 Å². The summed E-state index contributed by atoms with van der Waals surface area (Å²) in [5.74, 6) is 0.660.